The molecule has 0 saturated heterocycles. The van der Waals surface area contributed by atoms with Gasteiger partial charge in [-0.05, 0) is 55.2 Å². The summed E-state index contributed by atoms with van der Waals surface area (Å²) < 4.78 is 0. The van der Waals surface area contributed by atoms with Gasteiger partial charge in [-0.2, -0.15) is 0 Å². The topological polar surface area (TPSA) is 76.2 Å². The Bertz CT molecular complexity index is 448. The molecule has 1 aliphatic rings. The number of carbonyl (C=O) groups is 1. The standard InChI is InChI=1S/C15H22N2O2/c1-2-10-3-4-13(15(18)19)12(7-10)8-11-5-6-17-14(16)9-11/h5-6,9-10,12-13H,2-4,7-8H2,1H3,(H2,16,17)(H,18,19). The smallest absolute Gasteiger partial charge is 0.306 e. The second-order valence-corrected chi connectivity index (χ2v) is 5.59. The molecule has 2 rings (SSSR count). The van der Waals surface area contributed by atoms with E-state index in [2.05, 4.69) is 11.9 Å². The number of aliphatic carboxylic acids is 1. The zero-order valence-electron chi connectivity index (χ0n) is 11.4. The zero-order chi connectivity index (χ0) is 13.8. The molecule has 0 radical (unpaired) electrons. The largest absolute Gasteiger partial charge is 0.481 e. The van der Waals surface area contributed by atoms with E-state index in [4.69, 9.17) is 5.73 Å². The number of carboxylic acids is 1. The number of nitrogens with two attached hydrogens (primary N) is 1. The van der Waals surface area contributed by atoms with Gasteiger partial charge in [0.25, 0.3) is 0 Å². The molecule has 1 aliphatic carbocycles. The third kappa shape index (κ3) is 3.46. The van der Waals surface area contributed by atoms with Crippen molar-refractivity contribution >= 4 is 11.8 Å². The first-order valence-electron chi connectivity index (χ1n) is 7.03. The van der Waals surface area contributed by atoms with Gasteiger partial charge in [-0.25, -0.2) is 4.98 Å². The molecule has 4 heteroatoms. The van der Waals surface area contributed by atoms with Crippen LogP contribution in [0.2, 0.25) is 0 Å². The van der Waals surface area contributed by atoms with Crippen LogP contribution >= 0.6 is 0 Å². The molecule has 0 amide bonds. The number of nitrogens with zero attached hydrogens (tertiary/aromatic N) is 1. The molecular formula is C15H22N2O2. The lowest BCUT2D eigenvalue weighted by Gasteiger charge is -2.33. The molecular weight excluding hydrogens is 240 g/mol. The number of hydrogen-bond acceptors (Lipinski definition) is 3. The Hall–Kier alpha value is -1.58. The van der Waals surface area contributed by atoms with E-state index in [1.165, 1.54) is 0 Å². The van der Waals surface area contributed by atoms with Crippen molar-refractivity contribution in [3.63, 3.8) is 0 Å². The van der Waals surface area contributed by atoms with Crippen LogP contribution in [0.5, 0.6) is 0 Å². The van der Waals surface area contributed by atoms with E-state index < -0.39 is 5.97 Å². The maximum Gasteiger partial charge on any atom is 0.306 e. The quantitative estimate of drug-likeness (QED) is 0.874. The zero-order valence-corrected chi connectivity index (χ0v) is 11.4. The van der Waals surface area contributed by atoms with Gasteiger partial charge < -0.3 is 10.8 Å². The van der Waals surface area contributed by atoms with E-state index in [1.54, 1.807) is 6.20 Å². The highest BCUT2D eigenvalue weighted by Gasteiger charge is 2.34. The fraction of sp³-hybridized carbons (Fsp3) is 0.600. The molecule has 1 heterocycles. The SMILES string of the molecule is CCC1CCC(C(=O)O)C(Cc2ccnc(N)c2)C1. The van der Waals surface area contributed by atoms with Crippen molar-refractivity contribution in [1.82, 2.24) is 4.98 Å². The van der Waals surface area contributed by atoms with Gasteiger partial charge in [-0.3, -0.25) is 4.79 Å². The third-order valence-electron chi connectivity index (χ3n) is 4.33. The van der Waals surface area contributed by atoms with Crippen molar-refractivity contribution < 1.29 is 9.90 Å². The van der Waals surface area contributed by atoms with Crippen molar-refractivity contribution in [3.8, 4) is 0 Å². The molecule has 0 bridgehead atoms. The number of hydrogen-bond donors (Lipinski definition) is 2. The van der Waals surface area contributed by atoms with Gasteiger partial charge in [0.2, 0.25) is 0 Å². The lowest BCUT2D eigenvalue weighted by molar-refractivity contribution is -0.145. The number of aromatic nitrogens is 1. The molecule has 0 aromatic carbocycles. The molecule has 19 heavy (non-hydrogen) atoms. The number of carboxylic acid groups (broad SMARTS) is 1. The molecule has 1 aromatic heterocycles. The van der Waals surface area contributed by atoms with Gasteiger partial charge in [0.1, 0.15) is 5.82 Å². The van der Waals surface area contributed by atoms with E-state index in [1.807, 2.05) is 12.1 Å². The molecule has 3 atom stereocenters. The Morgan fingerprint density at radius 2 is 2.32 bits per heavy atom. The maximum absolute atomic E-state index is 11.4. The van der Waals surface area contributed by atoms with Crippen LogP contribution in [0.25, 0.3) is 0 Å². The Kier molecular flexibility index (Phi) is 4.40. The maximum atomic E-state index is 11.4. The van der Waals surface area contributed by atoms with Crippen LogP contribution in [0.4, 0.5) is 5.82 Å². The minimum absolute atomic E-state index is 0.211. The molecule has 1 saturated carbocycles. The molecule has 0 spiro atoms. The summed E-state index contributed by atoms with van der Waals surface area (Å²) >= 11 is 0. The van der Waals surface area contributed by atoms with Crippen molar-refractivity contribution in [2.24, 2.45) is 17.8 Å². The molecule has 3 unspecified atom stereocenters. The lowest BCUT2D eigenvalue weighted by atomic mass is 9.71. The van der Waals surface area contributed by atoms with Crippen molar-refractivity contribution in [1.29, 1.82) is 0 Å². The molecule has 0 aliphatic heterocycles. The number of anilines is 1. The highest BCUT2D eigenvalue weighted by atomic mass is 16.4. The van der Waals surface area contributed by atoms with Gasteiger partial charge in [0, 0.05) is 6.20 Å². The first-order chi connectivity index (χ1) is 9.10. The molecule has 1 fully saturated rings. The van der Waals surface area contributed by atoms with Crippen molar-refractivity contribution in [2.75, 3.05) is 5.73 Å². The van der Waals surface area contributed by atoms with Gasteiger partial charge in [-0.1, -0.05) is 13.3 Å². The molecule has 3 N–H and O–H groups in total. The average Bonchev–Trinajstić information content (AvgIpc) is 2.38. The second kappa shape index (κ2) is 6.04. The van der Waals surface area contributed by atoms with Crippen LogP contribution in [0.15, 0.2) is 18.3 Å². The summed E-state index contributed by atoms with van der Waals surface area (Å²) in [5.41, 5.74) is 6.78. The van der Waals surface area contributed by atoms with E-state index in [9.17, 15) is 9.90 Å². The Morgan fingerprint density at radius 3 is 2.95 bits per heavy atom. The highest BCUT2D eigenvalue weighted by molar-refractivity contribution is 5.70. The Balaban J connectivity index is 2.11. The van der Waals surface area contributed by atoms with Crippen molar-refractivity contribution in [3.05, 3.63) is 23.9 Å². The van der Waals surface area contributed by atoms with Gasteiger partial charge in [-0.15, -0.1) is 0 Å². The normalized spacial score (nSPS) is 27.1. The van der Waals surface area contributed by atoms with Crippen molar-refractivity contribution in [2.45, 2.75) is 39.0 Å². The summed E-state index contributed by atoms with van der Waals surface area (Å²) in [5, 5.41) is 9.36. The minimum atomic E-state index is -0.651. The fourth-order valence-corrected chi connectivity index (χ4v) is 3.21. The fourth-order valence-electron chi connectivity index (χ4n) is 3.21. The van der Waals surface area contributed by atoms with Crippen LogP contribution in [0, 0.1) is 17.8 Å². The van der Waals surface area contributed by atoms with E-state index in [0.29, 0.717) is 11.7 Å². The molecule has 1 aromatic rings. The second-order valence-electron chi connectivity index (χ2n) is 5.59. The Morgan fingerprint density at radius 1 is 1.53 bits per heavy atom. The van der Waals surface area contributed by atoms with Gasteiger partial charge in [0.05, 0.1) is 5.92 Å². The summed E-state index contributed by atoms with van der Waals surface area (Å²) in [4.78, 5) is 15.4. The van der Waals surface area contributed by atoms with Crippen LogP contribution in [0.1, 0.15) is 38.2 Å². The minimum Gasteiger partial charge on any atom is -0.481 e. The van der Waals surface area contributed by atoms with E-state index in [-0.39, 0.29) is 11.8 Å². The van der Waals surface area contributed by atoms with Crippen LogP contribution in [0.3, 0.4) is 0 Å². The van der Waals surface area contributed by atoms with Crippen LogP contribution in [-0.2, 0) is 11.2 Å². The summed E-state index contributed by atoms with van der Waals surface area (Å²) in [5.74, 6) is 0.531. The van der Waals surface area contributed by atoms with E-state index in [0.717, 1.165) is 37.7 Å². The summed E-state index contributed by atoms with van der Waals surface area (Å²) in [6.07, 6.45) is 6.49. The van der Waals surface area contributed by atoms with E-state index >= 15 is 0 Å². The number of pyridine rings is 1. The summed E-state index contributed by atoms with van der Waals surface area (Å²) in [6.45, 7) is 2.19. The first-order valence-corrected chi connectivity index (χ1v) is 7.03. The Labute approximate surface area is 114 Å². The van der Waals surface area contributed by atoms with Crippen LogP contribution in [-0.4, -0.2) is 16.1 Å². The predicted molar refractivity (Wildman–Crippen MR) is 74.6 cm³/mol. The summed E-state index contributed by atoms with van der Waals surface area (Å²) in [7, 11) is 0. The van der Waals surface area contributed by atoms with Gasteiger partial charge in [0.15, 0.2) is 0 Å². The molecule has 4 nitrogen and oxygen atoms in total. The molecule has 104 valence electrons. The monoisotopic (exact) mass is 262 g/mol. The first kappa shape index (κ1) is 13.8. The lowest BCUT2D eigenvalue weighted by Crippen LogP contribution is -2.32. The predicted octanol–water partition coefficient (Wildman–Crippen LogP) is 2.73. The summed E-state index contributed by atoms with van der Waals surface area (Å²) in [6, 6.07) is 3.79. The highest BCUT2D eigenvalue weighted by Crippen LogP contribution is 2.37. The van der Waals surface area contributed by atoms with Gasteiger partial charge >= 0.3 is 5.97 Å². The third-order valence-corrected chi connectivity index (χ3v) is 4.33. The van der Waals surface area contributed by atoms with Crippen LogP contribution < -0.4 is 5.73 Å². The average molecular weight is 262 g/mol. The number of nitrogen functional groups attached to an aromatic ring is 1. The number of rotatable bonds is 4.